The largest absolute Gasteiger partial charge is 0.489 e. The average molecular weight is 352 g/mol. The molecule has 2 atom stereocenters. The van der Waals surface area contributed by atoms with Crippen molar-refractivity contribution < 1.29 is 13.9 Å². The molecule has 0 spiro atoms. The molecule has 0 aromatic heterocycles. The van der Waals surface area contributed by atoms with Gasteiger partial charge in [0.15, 0.2) is 5.96 Å². The van der Waals surface area contributed by atoms with Crippen LogP contribution in [-0.4, -0.2) is 69.4 Å². The Kier molecular flexibility index (Phi) is 7.94. The van der Waals surface area contributed by atoms with E-state index in [1.54, 1.807) is 12.1 Å². The van der Waals surface area contributed by atoms with Gasteiger partial charge in [0.05, 0.1) is 19.3 Å². The molecule has 0 saturated carbocycles. The molecule has 0 aliphatic carbocycles. The molecule has 0 bridgehead atoms. The summed E-state index contributed by atoms with van der Waals surface area (Å²) >= 11 is 0. The molecule has 25 heavy (non-hydrogen) atoms. The molecule has 1 saturated heterocycles. The Morgan fingerprint density at radius 2 is 2.32 bits per heavy atom. The lowest BCUT2D eigenvalue weighted by molar-refractivity contribution is -0.0161. The van der Waals surface area contributed by atoms with E-state index in [2.05, 4.69) is 27.6 Å². The van der Waals surface area contributed by atoms with Crippen LogP contribution in [0.3, 0.4) is 0 Å². The summed E-state index contributed by atoms with van der Waals surface area (Å²) in [5.41, 5.74) is 0. The maximum absolute atomic E-state index is 13.2. The Morgan fingerprint density at radius 3 is 3.04 bits per heavy atom. The van der Waals surface area contributed by atoms with Crippen LogP contribution in [0.25, 0.3) is 0 Å². The van der Waals surface area contributed by atoms with Crippen molar-refractivity contribution in [1.82, 2.24) is 15.5 Å². The highest BCUT2D eigenvalue weighted by Crippen LogP contribution is 2.13. The second-order valence-electron chi connectivity index (χ2n) is 6.24. The molecule has 140 valence electrons. The standard InChI is InChI=1S/C18H29FN4O2/c1-4-20-18(22-12-17-13-23(3)8-9-24-17)21-11-14(2)25-16-7-5-6-15(19)10-16/h5-7,10,14,17H,4,8-9,11-13H2,1-3H3,(H2,20,21,22). The number of aliphatic imine (C=N–C) groups is 1. The topological polar surface area (TPSA) is 58.1 Å². The number of nitrogens with one attached hydrogen (secondary N) is 2. The summed E-state index contributed by atoms with van der Waals surface area (Å²) < 4.78 is 24.6. The van der Waals surface area contributed by atoms with E-state index in [0.717, 1.165) is 32.2 Å². The minimum absolute atomic E-state index is 0.156. The van der Waals surface area contributed by atoms with Crippen LogP contribution in [0.15, 0.2) is 29.3 Å². The number of morpholine rings is 1. The number of rotatable bonds is 7. The molecule has 1 aliphatic heterocycles. The van der Waals surface area contributed by atoms with Gasteiger partial charge in [-0.25, -0.2) is 9.38 Å². The second kappa shape index (κ2) is 10.2. The summed E-state index contributed by atoms with van der Waals surface area (Å²) in [7, 11) is 2.10. The molecule has 1 fully saturated rings. The van der Waals surface area contributed by atoms with Crippen LogP contribution < -0.4 is 15.4 Å². The van der Waals surface area contributed by atoms with Gasteiger partial charge < -0.3 is 25.0 Å². The SMILES string of the molecule is CCNC(=NCC(C)Oc1cccc(F)c1)NCC1CN(C)CCO1. The van der Waals surface area contributed by atoms with Crippen molar-refractivity contribution in [3.8, 4) is 5.75 Å². The maximum Gasteiger partial charge on any atom is 0.191 e. The Labute approximate surface area is 149 Å². The van der Waals surface area contributed by atoms with E-state index in [1.165, 1.54) is 12.1 Å². The fourth-order valence-electron chi connectivity index (χ4n) is 2.57. The van der Waals surface area contributed by atoms with Gasteiger partial charge >= 0.3 is 0 Å². The van der Waals surface area contributed by atoms with Gasteiger partial charge in [-0.3, -0.25) is 0 Å². The maximum atomic E-state index is 13.2. The molecular formula is C18H29FN4O2. The zero-order valence-corrected chi connectivity index (χ0v) is 15.3. The lowest BCUT2D eigenvalue weighted by atomic mass is 10.3. The highest BCUT2D eigenvalue weighted by molar-refractivity contribution is 5.79. The predicted octanol–water partition coefficient (Wildman–Crippen LogP) is 1.48. The summed E-state index contributed by atoms with van der Waals surface area (Å²) in [5, 5.41) is 6.53. The van der Waals surface area contributed by atoms with Gasteiger partial charge in [-0.1, -0.05) is 6.07 Å². The number of likely N-dealkylation sites (N-methyl/N-ethyl adjacent to an activating group) is 1. The van der Waals surface area contributed by atoms with Gasteiger partial charge in [0.2, 0.25) is 0 Å². The summed E-state index contributed by atoms with van der Waals surface area (Å²) in [4.78, 5) is 6.80. The highest BCUT2D eigenvalue weighted by Gasteiger charge is 2.17. The van der Waals surface area contributed by atoms with E-state index >= 15 is 0 Å². The van der Waals surface area contributed by atoms with Crippen molar-refractivity contribution in [3.05, 3.63) is 30.1 Å². The smallest absolute Gasteiger partial charge is 0.191 e. The Bertz CT molecular complexity index is 556. The van der Waals surface area contributed by atoms with E-state index in [-0.39, 0.29) is 18.0 Å². The first-order chi connectivity index (χ1) is 12.1. The number of hydrogen-bond acceptors (Lipinski definition) is 4. The van der Waals surface area contributed by atoms with Gasteiger partial charge in [0, 0.05) is 32.2 Å². The first-order valence-corrected chi connectivity index (χ1v) is 8.81. The molecule has 2 unspecified atom stereocenters. The molecule has 0 amide bonds. The van der Waals surface area contributed by atoms with Crippen LogP contribution in [0.5, 0.6) is 5.75 Å². The predicted molar refractivity (Wildman–Crippen MR) is 97.7 cm³/mol. The summed E-state index contributed by atoms with van der Waals surface area (Å²) in [6.07, 6.45) is -0.00195. The van der Waals surface area contributed by atoms with Crippen LogP contribution in [0.4, 0.5) is 4.39 Å². The molecule has 6 nitrogen and oxygen atoms in total. The van der Waals surface area contributed by atoms with Crippen LogP contribution in [0.1, 0.15) is 13.8 Å². The van der Waals surface area contributed by atoms with Gasteiger partial charge in [-0.2, -0.15) is 0 Å². The van der Waals surface area contributed by atoms with Gasteiger partial charge in [0.1, 0.15) is 17.7 Å². The highest BCUT2D eigenvalue weighted by atomic mass is 19.1. The monoisotopic (exact) mass is 352 g/mol. The minimum Gasteiger partial charge on any atom is -0.489 e. The fraction of sp³-hybridized carbons (Fsp3) is 0.611. The Hall–Kier alpha value is -1.86. The number of guanidine groups is 1. The normalized spacial score (nSPS) is 20.2. The molecular weight excluding hydrogens is 323 g/mol. The first kappa shape index (κ1) is 19.5. The van der Waals surface area contributed by atoms with Gasteiger partial charge in [-0.15, -0.1) is 0 Å². The molecule has 1 aliphatic rings. The van der Waals surface area contributed by atoms with Crippen LogP contribution in [0.2, 0.25) is 0 Å². The number of nitrogens with zero attached hydrogens (tertiary/aromatic N) is 2. The van der Waals surface area contributed by atoms with Crippen molar-refractivity contribution in [2.75, 3.05) is 46.4 Å². The van der Waals surface area contributed by atoms with Crippen molar-refractivity contribution in [2.45, 2.75) is 26.1 Å². The van der Waals surface area contributed by atoms with E-state index in [4.69, 9.17) is 9.47 Å². The fourth-order valence-corrected chi connectivity index (χ4v) is 2.57. The number of hydrogen-bond donors (Lipinski definition) is 2. The van der Waals surface area contributed by atoms with Gasteiger partial charge in [0.25, 0.3) is 0 Å². The van der Waals surface area contributed by atoms with Crippen LogP contribution >= 0.6 is 0 Å². The Morgan fingerprint density at radius 1 is 1.48 bits per heavy atom. The molecule has 0 radical (unpaired) electrons. The van der Waals surface area contributed by atoms with E-state index in [1.807, 2.05) is 13.8 Å². The molecule has 1 aromatic carbocycles. The molecule has 1 heterocycles. The third kappa shape index (κ3) is 7.27. The summed E-state index contributed by atoms with van der Waals surface area (Å²) in [5.74, 6) is 0.939. The molecule has 7 heteroatoms. The first-order valence-electron chi connectivity index (χ1n) is 8.81. The summed E-state index contributed by atoms with van der Waals surface area (Å²) in [6.45, 7) is 8.52. The van der Waals surface area contributed by atoms with Crippen LogP contribution in [0, 0.1) is 5.82 Å². The summed E-state index contributed by atoms with van der Waals surface area (Å²) in [6, 6.07) is 6.14. The lowest BCUT2D eigenvalue weighted by Crippen LogP contribution is -2.48. The zero-order valence-electron chi connectivity index (χ0n) is 15.3. The lowest BCUT2D eigenvalue weighted by Gasteiger charge is -2.30. The van der Waals surface area contributed by atoms with E-state index in [0.29, 0.717) is 18.8 Å². The van der Waals surface area contributed by atoms with Crippen molar-refractivity contribution >= 4 is 5.96 Å². The number of benzene rings is 1. The quantitative estimate of drug-likeness (QED) is 0.575. The van der Waals surface area contributed by atoms with Crippen molar-refractivity contribution in [1.29, 1.82) is 0 Å². The van der Waals surface area contributed by atoms with Crippen molar-refractivity contribution in [3.63, 3.8) is 0 Å². The minimum atomic E-state index is -0.305. The molecule has 1 aromatic rings. The molecule has 2 rings (SSSR count). The third-order valence-corrected chi connectivity index (χ3v) is 3.82. The Balaban J connectivity index is 1.81. The third-order valence-electron chi connectivity index (χ3n) is 3.82. The second-order valence-corrected chi connectivity index (χ2v) is 6.24. The number of ether oxygens (including phenoxy) is 2. The van der Waals surface area contributed by atoms with Crippen LogP contribution in [-0.2, 0) is 4.74 Å². The van der Waals surface area contributed by atoms with E-state index in [9.17, 15) is 4.39 Å². The molecule has 2 N–H and O–H groups in total. The average Bonchev–Trinajstić information content (AvgIpc) is 2.57. The zero-order chi connectivity index (χ0) is 18.1. The van der Waals surface area contributed by atoms with E-state index < -0.39 is 0 Å². The van der Waals surface area contributed by atoms with Crippen molar-refractivity contribution in [2.24, 2.45) is 4.99 Å². The van der Waals surface area contributed by atoms with Gasteiger partial charge in [-0.05, 0) is 33.0 Å². The number of halogens is 1.